The summed E-state index contributed by atoms with van der Waals surface area (Å²) in [5.74, 6) is -1.56. The SMILES string of the molecule is O=C(NCCCCCCn1sc2cc(F)cc(F)c2c1=O)c1ccccc1. The van der Waals surface area contributed by atoms with Crippen molar-refractivity contribution in [1.29, 1.82) is 0 Å². The van der Waals surface area contributed by atoms with Crippen LogP contribution in [0.1, 0.15) is 36.0 Å². The number of fused-ring (bicyclic) bond motifs is 1. The maximum atomic E-state index is 13.8. The van der Waals surface area contributed by atoms with Crippen LogP contribution in [-0.2, 0) is 6.54 Å². The second-order valence-electron chi connectivity index (χ2n) is 6.30. The lowest BCUT2D eigenvalue weighted by atomic mass is 10.2. The largest absolute Gasteiger partial charge is 0.352 e. The highest BCUT2D eigenvalue weighted by atomic mass is 32.1. The first-order chi connectivity index (χ1) is 13.1. The summed E-state index contributed by atoms with van der Waals surface area (Å²) in [5, 5.41) is 2.84. The molecule has 3 rings (SSSR count). The van der Waals surface area contributed by atoms with E-state index in [2.05, 4.69) is 5.32 Å². The third-order valence-electron chi connectivity index (χ3n) is 4.28. The number of aromatic nitrogens is 1. The van der Waals surface area contributed by atoms with Gasteiger partial charge in [-0.3, -0.25) is 13.5 Å². The highest BCUT2D eigenvalue weighted by Crippen LogP contribution is 2.21. The molecule has 4 nitrogen and oxygen atoms in total. The minimum Gasteiger partial charge on any atom is -0.352 e. The van der Waals surface area contributed by atoms with Crippen molar-refractivity contribution in [2.24, 2.45) is 0 Å². The van der Waals surface area contributed by atoms with Gasteiger partial charge in [-0.25, -0.2) is 8.78 Å². The van der Waals surface area contributed by atoms with Crippen LogP contribution in [0.15, 0.2) is 47.3 Å². The smallest absolute Gasteiger partial charge is 0.271 e. The standard InChI is InChI=1S/C20H20F2N2O2S/c21-15-12-16(22)18-17(13-15)27-24(20(18)26)11-7-2-1-6-10-23-19(25)14-8-4-3-5-9-14/h3-5,8-9,12-13H,1-2,6-7,10-11H2,(H,23,25). The van der Waals surface area contributed by atoms with Gasteiger partial charge < -0.3 is 5.32 Å². The molecular formula is C20H20F2N2O2S. The highest BCUT2D eigenvalue weighted by Gasteiger charge is 2.13. The zero-order chi connectivity index (χ0) is 19.2. The molecule has 142 valence electrons. The number of nitrogens with zero attached hydrogens (tertiary/aromatic N) is 1. The average Bonchev–Trinajstić information content (AvgIpc) is 2.97. The molecule has 3 aromatic rings. The Balaban J connectivity index is 1.40. The van der Waals surface area contributed by atoms with Gasteiger partial charge in [0.05, 0.1) is 10.1 Å². The van der Waals surface area contributed by atoms with Crippen LogP contribution in [0, 0.1) is 11.6 Å². The summed E-state index contributed by atoms with van der Waals surface area (Å²) < 4.78 is 28.8. The Morgan fingerprint density at radius 3 is 2.56 bits per heavy atom. The van der Waals surface area contributed by atoms with E-state index in [1.54, 1.807) is 12.1 Å². The molecular weight excluding hydrogens is 370 g/mol. The van der Waals surface area contributed by atoms with Gasteiger partial charge in [0.25, 0.3) is 11.5 Å². The molecule has 0 fully saturated rings. The summed E-state index contributed by atoms with van der Waals surface area (Å²) in [6.07, 6.45) is 3.42. The predicted molar refractivity (Wildman–Crippen MR) is 103 cm³/mol. The molecule has 0 saturated carbocycles. The van der Waals surface area contributed by atoms with Gasteiger partial charge in [0.1, 0.15) is 11.6 Å². The van der Waals surface area contributed by atoms with E-state index in [-0.39, 0.29) is 11.3 Å². The van der Waals surface area contributed by atoms with Crippen molar-refractivity contribution in [1.82, 2.24) is 9.27 Å². The summed E-state index contributed by atoms with van der Waals surface area (Å²) in [7, 11) is 0. The van der Waals surface area contributed by atoms with Crippen LogP contribution in [0.2, 0.25) is 0 Å². The van der Waals surface area contributed by atoms with E-state index >= 15 is 0 Å². The van der Waals surface area contributed by atoms with Crippen LogP contribution in [-0.4, -0.2) is 16.4 Å². The van der Waals surface area contributed by atoms with Crippen molar-refractivity contribution in [3.05, 3.63) is 70.0 Å². The topological polar surface area (TPSA) is 51.1 Å². The van der Waals surface area contributed by atoms with Crippen molar-refractivity contribution >= 4 is 27.5 Å². The third-order valence-corrected chi connectivity index (χ3v) is 5.36. The molecule has 0 aliphatic rings. The fraction of sp³-hybridized carbons (Fsp3) is 0.300. The van der Waals surface area contributed by atoms with Crippen LogP contribution < -0.4 is 10.9 Å². The number of rotatable bonds is 8. The van der Waals surface area contributed by atoms with Gasteiger partial charge in [-0.1, -0.05) is 42.6 Å². The van der Waals surface area contributed by atoms with E-state index in [1.807, 2.05) is 18.2 Å². The Hall–Kier alpha value is -2.54. The number of carbonyl (C=O) groups excluding carboxylic acids is 1. The Kier molecular flexibility index (Phi) is 6.34. The van der Waals surface area contributed by atoms with Gasteiger partial charge in [-0.05, 0) is 31.0 Å². The van der Waals surface area contributed by atoms with E-state index in [9.17, 15) is 18.4 Å². The molecule has 1 heterocycles. The number of carbonyl (C=O) groups is 1. The molecule has 2 aromatic carbocycles. The minimum atomic E-state index is -0.806. The molecule has 27 heavy (non-hydrogen) atoms. The maximum Gasteiger partial charge on any atom is 0.271 e. The van der Waals surface area contributed by atoms with Crippen LogP contribution in [0.4, 0.5) is 8.78 Å². The summed E-state index contributed by atoms with van der Waals surface area (Å²) in [5.41, 5.74) is 0.243. The summed E-state index contributed by atoms with van der Waals surface area (Å²) in [4.78, 5) is 24.1. The molecule has 1 N–H and O–H groups in total. The van der Waals surface area contributed by atoms with Gasteiger partial charge in [0.2, 0.25) is 0 Å². The molecule has 1 amide bonds. The maximum absolute atomic E-state index is 13.8. The van der Waals surface area contributed by atoms with Crippen LogP contribution in [0.3, 0.4) is 0 Å². The van der Waals surface area contributed by atoms with Gasteiger partial charge in [0.15, 0.2) is 0 Å². The molecule has 0 aliphatic carbocycles. The number of benzene rings is 2. The number of aryl methyl sites for hydroxylation is 1. The van der Waals surface area contributed by atoms with Gasteiger partial charge in [0, 0.05) is 24.7 Å². The van der Waals surface area contributed by atoms with Crippen molar-refractivity contribution in [2.45, 2.75) is 32.2 Å². The molecule has 0 saturated heterocycles. The van der Waals surface area contributed by atoms with Crippen molar-refractivity contribution in [3.63, 3.8) is 0 Å². The minimum absolute atomic E-state index is 0.0370. The number of nitrogens with one attached hydrogen (secondary N) is 1. The fourth-order valence-corrected chi connectivity index (χ4v) is 3.96. The molecule has 0 atom stereocenters. The van der Waals surface area contributed by atoms with Crippen molar-refractivity contribution < 1.29 is 13.6 Å². The Morgan fingerprint density at radius 1 is 1.04 bits per heavy atom. The zero-order valence-corrected chi connectivity index (χ0v) is 15.5. The summed E-state index contributed by atoms with van der Waals surface area (Å²) in [6.45, 7) is 1.08. The summed E-state index contributed by atoms with van der Waals surface area (Å²) in [6, 6.07) is 11.0. The lowest BCUT2D eigenvalue weighted by Crippen LogP contribution is -2.24. The number of unbranched alkanes of at least 4 members (excludes halogenated alkanes) is 3. The van der Waals surface area contributed by atoms with Gasteiger partial charge in [-0.15, -0.1) is 0 Å². The van der Waals surface area contributed by atoms with E-state index in [0.29, 0.717) is 23.4 Å². The Labute approximate surface area is 159 Å². The Morgan fingerprint density at radius 2 is 1.78 bits per heavy atom. The Bertz CT molecular complexity index is 983. The van der Waals surface area contributed by atoms with Crippen molar-refractivity contribution in [2.75, 3.05) is 6.54 Å². The lowest BCUT2D eigenvalue weighted by Gasteiger charge is -2.05. The average molecular weight is 390 g/mol. The van der Waals surface area contributed by atoms with Crippen LogP contribution >= 0.6 is 11.5 Å². The first-order valence-electron chi connectivity index (χ1n) is 8.88. The first kappa shape index (κ1) is 19.2. The van der Waals surface area contributed by atoms with Crippen LogP contribution in [0.5, 0.6) is 0 Å². The highest BCUT2D eigenvalue weighted by molar-refractivity contribution is 7.13. The summed E-state index contributed by atoms with van der Waals surface area (Å²) >= 11 is 1.09. The van der Waals surface area contributed by atoms with Crippen molar-refractivity contribution in [3.8, 4) is 0 Å². The monoisotopic (exact) mass is 390 g/mol. The lowest BCUT2D eigenvalue weighted by molar-refractivity contribution is 0.0953. The normalized spacial score (nSPS) is 11.0. The molecule has 0 aliphatic heterocycles. The molecule has 0 spiro atoms. The number of hydrogen-bond acceptors (Lipinski definition) is 3. The predicted octanol–water partition coefficient (Wildman–Crippen LogP) is 4.33. The van der Waals surface area contributed by atoms with Crippen LogP contribution in [0.25, 0.3) is 10.1 Å². The van der Waals surface area contributed by atoms with E-state index in [1.165, 1.54) is 10.0 Å². The quantitative estimate of drug-likeness (QED) is 0.582. The van der Waals surface area contributed by atoms with E-state index in [0.717, 1.165) is 43.3 Å². The molecule has 7 heteroatoms. The molecule has 0 bridgehead atoms. The fourth-order valence-electron chi connectivity index (χ4n) is 2.89. The van der Waals surface area contributed by atoms with E-state index in [4.69, 9.17) is 0 Å². The third kappa shape index (κ3) is 4.80. The number of halogens is 2. The molecule has 0 unspecified atom stereocenters. The number of hydrogen-bond donors (Lipinski definition) is 1. The number of amides is 1. The van der Waals surface area contributed by atoms with Gasteiger partial charge in [-0.2, -0.15) is 0 Å². The molecule has 0 radical (unpaired) electrons. The zero-order valence-electron chi connectivity index (χ0n) is 14.7. The molecule has 1 aromatic heterocycles. The second-order valence-corrected chi connectivity index (χ2v) is 7.36. The second kappa shape index (κ2) is 8.90. The first-order valence-corrected chi connectivity index (χ1v) is 9.66. The van der Waals surface area contributed by atoms with E-state index < -0.39 is 17.2 Å². The van der Waals surface area contributed by atoms with Gasteiger partial charge >= 0.3 is 0 Å².